The quantitative estimate of drug-likeness (QED) is 0.620. The Morgan fingerprint density at radius 1 is 1.00 bits per heavy atom. The van der Waals surface area contributed by atoms with Gasteiger partial charge >= 0.3 is 0 Å². The van der Waals surface area contributed by atoms with Crippen molar-refractivity contribution in [3.8, 4) is 0 Å². The van der Waals surface area contributed by atoms with Gasteiger partial charge in [-0.3, -0.25) is 0 Å². The number of rotatable bonds is 3. The Bertz CT molecular complexity index is 815. The summed E-state index contributed by atoms with van der Waals surface area (Å²) in [5.41, 5.74) is 0.761. The molecule has 24 heavy (non-hydrogen) atoms. The highest BCUT2D eigenvalue weighted by atomic mass is 35.5. The lowest BCUT2D eigenvalue weighted by atomic mass is 10.2. The van der Waals surface area contributed by atoms with E-state index < -0.39 is 10.0 Å². The van der Waals surface area contributed by atoms with Crippen molar-refractivity contribution in [3.63, 3.8) is 0 Å². The summed E-state index contributed by atoms with van der Waals surface area (Å²) in [7, 11) is -3.83. The van der Waals surface area contributed by atoms with Crippen molar-refractivity contribution in [2.45, 2.75) is 4.90 Å². The molecule has 0 N–H and O–H groups in total. The van der Waals surface area contributed by atoms with Crippen LogP contribution in [0.15, 0.2) is 63.9 Å². The largest absolute Gasteiger partial charge is 0.378 e. The van der Waals surface area contributed by atoms with Gasteiger partial charge in [-0.2, -0.15) is 8.42 Å². The normalized spacial score (nSPS) is 16.2. The van der Waals surface area contributed by atoms with Gasteiger partial charge in [-0.05, 0) is 24.3 Å². The predicted molar refractivity (Wildman–Crippen MR) is 94.0 cm³/mol. The molecule has 2 aromatic rings. The van der Waals surface area contributed by atoms with Crippen LogP contribution in [0.4, 0.5) is 0 Å². The number of sulfonamides is 1. The number of morpholine rings is 1. The van der Waals surface area contributed by atoms with Gasteiger partial charge in [0.05, 0.1) is 18.1 Å². The van der Waals surface area contributed by atoms with Crippen molar-refractivity contribution in [1.82, 2.24) is 4.90 Å². The predicted octanol–water partition coefficient (Wildman–Crippen LogP) is 2.81. The summed E-state index contributed by atoms with van der Waals surface area (Å²) in [6.07, 6.45) is 0. The molecule has 0 bridgehead atoms. The Labute approximate surface area is 146 Å². The van der Waals surface area contributed by atoms with Crippen LogP contribution in [0.5, 0.6) is 0 Å². The minimum Gasteiger partial charge on any atom is -0.378 e. The zero-order valence-electron chi connectivity index (χ0n) is 12.9. The second-order valence-electron chi connectivity index (χ2n) is 5.31. The first kappa shape index (κ1) is 17.0. The molecule has 0 aliphatic carbocycles. The van der Waals surface area contributed by atoms with E-state index in [1.54, 1.807) is 12.1 Å². The van der Waals surface area contributed by atoms with Crippen LogP contribution in [0.25, 0.3) is 0 Å². The molecule has 7 heteroatoms. The van der Waals surface area contributed by atoms with E-state index >= 15 is 0 Å². The third-order valence-corrected chi connectivity index (χ3v) is 5.19. The lowest BCUT2D eigenvalue weighted by Gasteiger charge is -2.29. The summed E-state index contributed by atoms with van der Waals surface area (Å²) in [5.74, 6) is 0.439. The van der Waals surface area contributed by atoms with Gasteiger partial charge < -0.3 is 9.64 Å². The van der Waals surface area contributed by atoms with Gasteiger partial charge in [-0.15, -0.1) is 4.40 Å². The second kappa shape index (κ2) is 7.34. The van der Waals surface area contributed by atoms with Crippen LogP contribution < -0.4 is 0 Å². The molecule has 0 amide bonds. The number of hydrogen-bond donors (Lipinski definition) is 0. The zero-order valence-corrected chi connectivity index (χ0v) is 14.5. The molecule has 0 aromatic heterocycles. The van der Waals surface area contributed by atoms with E-state index in [4.69, 9.17) is 16.3 Å². The third kappa shape index (κ3) is 3.95. The first-order valence-corrected chi connectivity index (χ1v) is 9.37. The molecule has 1 heterocycles. The molecule has 1 aliphatic heterocycles. The number of nitrogens with zero attached hydrogens (tertiary/aromatic N) is 2. The topological polar surface area (TPSA) is 59.0 Å². The van der Waals surface area contributed by atoms with Crippen molar-refractivity contribution in [1.29, 1.82) is 0 Å². The molecular weight excluding hydrogens is 348 g/mol. The fourth-order valence-electron chi connectivity index (χ4n) is 2.43. The SMILES string of the molecule is O=S(=O)(N=C(c1ccccc1)N1CCOCC1)c1ccc(Cl)cc1. The summed E-state index contributed by atoms with van der Waals surface area (Å²) in [6, 6.07) is 15.3. The summed E-state index contributed by atoms with van der Waals surface area (Å²) in [6.45, 7) is 2.30. The van der Waals surface area contributed by atoms with Crippen molar-refractivity contribution in [2.24, 2.45) is 4.40 Å². The monoisotopic (exact) mass is 364 g/mol. The Morgan fingerprint density at radius 3 is 2.25 bits per heavy atom. The van der Waals surface area contributed by atoms with E-state index in [-0.39, 0.29) is 4.90 Å². The van der Waals surface area contributed by atoms with Crippen molar-refractivity contribution >= 4 is 27.5 Å². The maximum Gasteiger partial charge on any atom is 0.284 e. The molecule has 0 radical (unpaired) electrons. The van der Waals surface area contributed by atoms with E-state index in [9.17, 15) is 8.42 Å². The first-order valence-electron chi connectivity index (χ1n) is 7.55. The van der Waals surface area contributed by atoms with E-state index in [2.05, 4.69) is 4.40 Å². The zero-order chi connectivity index (χ0) is 17.0. The maximum atomic E-state index is 12.7. The number of benzene rings is 2. The fraction of sp³-hybridized carbons (Fsp3) is 0.235. The molecule has 2 aromatic carbocycles. The molecule has 1 fully saturated rings. The van der Waals surface area contributed by atoms with Gasteiger partial charge in [0.15, 0.2) is 0 Å². The smallest absolute Gasteiger partial charge is 0.284 e. The summed E-state index contributed by atoms with van der Waals surface area (Å²) >= 11 is 5.83. The van der Waals surface area contributed by atoms with Crippen LogP contribution in [0.1, 0.15) is 5.56 Å². The van der Waals surface area contributed by atoms with Gasteiger partial charge in [0.25, 0.3) is 10.0 Å². The molecule has 0 spiro atoms. The minimum atomic E-state index is -3.83. The van der Waals surface area contributed by atoms with E-state index in [1.807, 2.05) is 35.2 Å². The lowest BCUT2D eigenvalue weighted by Crippen LogP contribution is -2.41. The Hall–Kier alpha value is -1.89. The molecule has 3 rings (SSSR count). The van der Waals surface area contributed by atoms with Gasteiger partial charge in [-0.1, -0.05) is 41.9 Å². The Balaban J connectivity index is 2.03. The summed E-state index contributed by atoms with van der Waals surface area (Å²) in [4.78, 5) is 2.06. The minimum absolute atomic E-state index is 0.119. The molecule has 0 unspecified atom stereocenters. The number of halogens is 1. The standard InChI is InChI=1S/C17H17ClN2O3S/c18-15-6-8-16(9-7-15)24(21,22)19-17(14-4-2-1-3-5-14)20-10-12-23-13-11-20/h1-9H,10-13H2. The van der Waals surface area contributed by atoms with Crippen molar-refractivity contribution in [3.05, 3.63) is 65.2 Å². The Kier molecular flexibility index (Phi) is 5.18. The van der Waals surface area contributed by atoms with Crippen LogP contribution in [-0.2, 0) is 14.8 Å². The molecule has 0 saturated carbocycles. The lowest BCUT2D eigenvalue weighted by molar-refractivity contribution is 0.0683. The second-order valence-corrected chi connectivity index (χ2v) is 7.35. The summed E-state index contributed by atoms with van der Waals surface area (Å²) < 4.78 is 34.8. The molecule has 126 valence electrons. The van der Waals surface area contributed by atoms with Crippen molar-refractivity contribution < 1.29 is 13.2 Å². The van der Waals surface area contributed by atoms with Gasteiger partial charge in [0.2, 0.25) is 0 Å². The fourth-order valence-corrected chi connectivity index (χ4v) is 3.59. The number of hydrogen-bond acceptors (Lipinski definition) is 3. The highest BCUT2D eigenvalue weighted by Crippen LogP contribution is 2.18. The first-order chi connectivity index (χ1) is 11.6. The third-order valence-electron chi connectivity index (χ3n) is 3.66. The number of amidine groups is 1. The van der Waals surface area contributed by atoms with Crippen molar-refractivity contribution in [2.75, 3.05) is 26.3 Å². The van der Waals surface area contributed by atoms with E-state index in [0.717, 1.165) is 5.56 Å². The summed E-state index contributed by atoms with van der Waals surface area (Å²) in [5, 5.41) is 0.481. The molecule has 5 nitrogen and oxygen atoms in total. The van der Waals surface area contributed by atoms with Crippen LogP contribution in [0.2, 0.25) is 5.02 Å². The van der Waals surface area contributed by atoms with E-state index in [1.165, 1.54) is 12.1 Å². The number of ether oxygens (including phenoxy) is 1. The van der Waals surface area contributed by atoms with Crippen LogP contribution in [-0.4, -0.2) is 45.5 Å². The molecule has 1 aliphatic rings. The molecular formula is C17H17ClN2O3S. The average molecular weight is 365 g/mol. The van der Waals surface area contributed by atoms with Gasteiger partial charge in [-0.25, -0.2) is 0 Å². The maximum absolute atomic E-state index is 12.7. The average Bonchev–Trinajstić information content (AvgIpc) is 2.62. The molecule has 0 atom stereocenters. The highest BCUT2D eigenvalue weighted by Gasteiger charge is 2.21. The van der Waals surface area contributed by atoms with Gasteiger partial charge in [0, 0.05) is 23.7 Å². The van der Waals surface area contributed by atoms with Crippen LogP contribution in [0.3, 0.4) is 0 Å². The highest BCUT2D eigenvalue weighted by molar-refractivity contribution is 7.90. The Morgan fingerprint density at radius 2 is 1.62 bits per heavy atom. The van der Waals surface area contributed by atoms with E-state index in [0.29, 0.717) is 37.2 Å². The molecule has 1 saturated heterocycles. The van der Waals surface area contributed by atoms with Crippen LogP contribution >= 0.6 is 11.6 Å². The van der Waals surface area contributed by atoms with Gasteiger partial charge in [0.1, 0.15) is 5.84 Å². The van der Waals surface area contributed by atoms with Crippen LogP contribution in [0, 0.1) is 0 Å².